The van der Waals surface area contributed by atoms with Crippen LogP contribution in [0.2, 0.25) is 0 Å². The molecule has 0 spiro atoms. The molecule has 1 atom stereocenters. The van der Waals surface area contributed by atoms with Gasteiger partial charge in [-0.3, -0.25) is 9.71 Å². The van der Waals surface area contributed by atoms with Crippen molar-refractivity contribution in [1.82, 2.24) is 19.7 Å². The fourth-order valence-corrected chi connectivity index (χ4v) is 7.64. The lowest BCUT2D eigenvalue weighted by molar-refractivity contribution is 0.122. The average Bonchev–Trinajstić information content (AvgIpc) is 3.71. The second-order valence-electron chi connectivity index (χ2n) is 11.3. The number of halogens is 3. The van der Waals surface area contributed by atoms with Gasteiger partial charge in [-0.1, -0.05) is 12.8 Å². The predicted octanol–water partition coefficient (Wildman–Crippen LogP) is 5.89. The van der Waals surface area contributed by atoms with Crippen LogP contribution in [0.5, 0.6) is 0 Å². The Hall–Kier alpha value is -4.59. The van der Waals surface area contributed by atoms with Gasteiger partial charge in [-0.25, -0.2) is 31.1 Å². The van der Waals surface area contributed by atoms with E-state index in [9.17, 15) is 22.7 Å². The molecule has 2 fully saturated rings. The Balaban J connectivity index is 1.38. The van der Waals surface area contributed by atoms with Crippen LogP contribution in [-0.4, -0.2) is 70.2 Å². The highest BCUT2D eigenvalue weighted by Gasteiger charge is 2.31. The summed E-state index contributed by atoms with van der Waals surface area (Å²) in [4.78, 5) is 18.7. The number of nitrogens with zero attached hydrogens (tertiary/aromatic N) is 5. The Labute approximate surface area is 258 Å². The third-order valence-electron chi connectivity index (χ3n) is 8.41. The number of sulfonamides is 1. The first-order valence-corrected chi connectivity index (χ1v) is 16.1. The van der Waals surface area contributed by atoms with Crippen molar-refractivity contribution in [2.24, 2.45) is 0 Å². The molecule has 1 unspecified atom stereocenters. The molecule has 1 aliphatic carbocycles. The van der Waals surface area contributed by atoms with E-state index >= 15 is 8.78 Å². The summed E-state index contributed by atoms with van der Waals surface area (Å²) in [6.07, 6.45) is 5.75. The number of amides is 1. The molecule has 45 heavy (non-hydrogen) atoms. The van der Waals surface area contributed by atoms with E-state index < -0.39 is 44.5 Å². The van der Waals surface area contributed by atoms with E-state index in [4.69, 9.17) is 0 Å². The molecule has 2 N–H and O–H groups in total. The number of rotatable bonds is 7. The van der Waals surface area contributed by atoms with Crippen molar-refractivity contribution in [2.45, 2.75) is 43.9 Å². The van der Waals surface area contributed by atoms with Gasteiger partial charge in [-0.2, -0.15) is 5.10 Å². The minimum atomic E-state index is -3.95. The first-order valence-electron chi connectivity index (χ1n) is 14.6. The molecule has 10 nitrogen and oxygen atoms in total. The summed E-state index contributed by atoms with van der Waals surface area (Å²) in [6.45, 7) is 2.83. The van der Waals surface area contributed by atoms with Gasteiger partial charge in [0.25, 0.3) is 0 Å². The number of nitrogens with one attached hydrogen (secondary N) is 1. The van der Waals surface area contributed by atoms with Crippen molar-refractivity contribution in [3.05, 3.63) is 78.5 Å². The maximum absolute atomic E-state index is 16.0. The van der Waals surface area contributed by atoms with Crippen LogP contribution in [0.3, 0.4) is 0 Å². The van der Waals surface area contributed by atoms with E-state index in [-0.39, 0.29) is 35.1 Å². The third-order valence-corrected chi connectivity index (χ3v) is 10.3. The monoisotopic (exact) mass is 640 g/mol. The maximum Gasteiger partial charge on any atom is 0.407 e. The standard InChI is InChI=1S/C31H31F3N6O4S/c1-19-17-38(12-13-39(19)31(41)42)22-6-7-28(26(33)16-22)40-18-25(30(36-40)20-8-10-35-11-9-20)24-14-21(32)15-27(29(24)34)37-45(43,44)23-4-2-3-5-23/h6-11,14-16,18-19,23,37H,2-5,12-13,17H2,1H3,(H,41,42). The lowest BCUT2D eigenvalue weighted by Gasteiger charge is -2.39. The first kappa shape index (κ1) is 30.4. The minimum absolute atomic E-state index is 0.0384. The molecular weight excluding hydrogens is 609 g/mol. The molecule has 1 saturated heterocycles. The van der Waals surface area contributed by atoms with Crippen LogP contribution in [0, 0.1) is 17.5 Å². The van der Waals surface area contributed by atoms with Crippen molar-refractivity contribution in [2.75, 3.05) is 29.3 Å². The molecule has 0 bridgehead atoms. The molecule has 1 amide bonds. The van der Waals surface area contributed by atoms with Gasteiger partial charge in [0.2, 0.25) is 10.0 Å². The van der Waals surface area contributed by atoms with E-state index in [0.717, 1.165) is 25.0 Å². The Morgan fingerprint density at radius 3 is 2.40 bits per heavy atom. The van der Waals surface area contributed by atoms with Gasteiger partial charge in [-0.05, 0) is 56.2 Å². The van der Waals surface area contributed by atoms with Crippen LogP contribution in [0.4, 0.5) is 29.3 Å². The number of hydrogen-bond donors (Lipinski definition) is 2. The molecular formula is C31H31F3N6O4S. The van der Waals surface area contributed by atoms with Crippen molar-refractivity contribution in [1.29, 1.82) is 0 Å². The number of benzene rings is 2. The molecule has 0 radical (unpaired) electrons. The molecule has 1 aliphatic heterocycles. The molecule has 1 saturated carbocycles. The third kappa shape index (κ3) is 6.06. The van der Waals surface area contributed by atoms with E-state index in [0.29, 0.717) is 37.2 Å². The Bertz CT molecular complexity index is 1850. The number of pyridine rings is 1. The van der Waals surface area contributed by atoms with Gasteiger partial charge < -0.3 is 14.9 Å². The fourth-order valence-electron chi connectivity index (χ4n) is 6.07. The van der Waals surface area contributed by atoms with Gasteiger partial charge >= 0.3 is 6.09 Å². The fraction of sp³-hybridized carbons (Fsp3) is 0.323. The van der Waals surface area contributed by atoms with Gasteiger partial charge in [0.15, 0.2) is 11.6 Å². The number of anilines is 2. The zero-order valence-corrected chi connectivity index (χ0v) is 25.1. The second-order valence-corrected chi connectivity index (χ2v) is 13.3. The zero-order chi connectivity index (χ0) is 31.9. The topological polar surface area (TPSA) is 121 Å². The molecule has 2 aliphatic rings. The molecule has 2 aromatic heterocycles. The van der Waals surface area contributed by atoms with Crippen molar-refractivity contribution >= 4 is 27.5 Å². The summed E-state index contributed by atoms with van der Waals surface area (Å²) in [5.41, 5.74) is 0.646. The largest absolute Gasteiger partial charge is 0.465 e. The van der Waals surface area contributed by atoms with E-state index in [2.05, 4.69) is 14.8 Å². The number of piperazine rings is 1. The number of hydrogen-bond acceptors (Lipinski definition) is 6. The molecule has 236 valence electrons. The lowest BCUT2D eigenvalue weighted by atomic mass is 10.0. The van der Waals surface area contributed by atoms with Crippen LogP contribution in [0.25, 0.3) is 28.1 Å². The van der Waals surface area contributed by atoms with Crippen LogP contribution in [0.15, 0.2) is 61.1 Å². The quantitative estimate of drug-likeness (QED) is 0.258. The van der Waals surface area contributed by atoms with Gasteiger partial charge in [0.1, 0.15) is 17.2 Å². The smallest absolute Gasteiger partial charge is 0.407 e. The SMILES string of the molecule is CC1CN(c2ccc(-n3cc(-c4cc(F)cc(NS(=O)(=O)C5CCCC5)c4F)c(-c4ccncc4)n3)c(F)c2)CCN1C(=O)O. The molecule has 6 rings (SSSR count). The zero-order valence-electron chi connectivity index (χ0n) is 24.3. The Kier molecular flexibility index (Phi) is 8.16. The summed E-state index contributed by atoms with van der Waals surface area (Å²) in [7, 11) is -3.95. The van der Waals surface area contributed by atoms with E-state index in [1.54, 1.807) is 25.1 Å². The summed E-state index contributed by atoms with van der Waals surface area (Å²) in [6, 6.07) is 9.23. The Morgan fingerprint density at radius 1 is 1.00 bits per heavy atom. The predicted molar refractivity (Wildman–Crippen MR) is 163 cm³/mol. The van der Waals surface area contributed by atoms with E-state index in [1.165, 1.54) is 40.3 Å². The summed E-state index contributed by atoms with van der Waals surface area (Å²) < 4.78 is 76.0. The van der Waals surface area contributed by atoms with Crippen molar-refractivity contribution < 1.29 is 31.5 Å². The number of carboxylic acid groups (broad SMARTS) is 1. The van der Waals surface area contributed by atoms with Crippen LogP contribution in [0.1, 0.15) is 32.6 Å². The minimum Gasteiger partial charge on any atom is -0.465 e. The highest BCUT2D eigenvalue weighted by atomic mass is 32.2. The van der Waals surface area contributed by atoms with Gasteiger partial charge in [0, 0.05) is 72.7 Å². The van der Waals surface area contributed by atoms with Gasteiger partial charge in [-0.15, -0.1) is 0 Å². The molecule has 4 aromatic rings. The molecule has 3 heterocycles. The normalized spacial score (nSPS) is 17.6. The maximum atomic E-state index is 16.0. The van der Waals surface area contributed by atoms with Crippen LogP contribution in [-0.2, 0) is 10.0 Å². The average molecular weight is 641 g/mol. The number of carbonyl (C=O) groups is 1. The van der Waals surface area contributed by atoms with Crippen molar-refractivity contribution in [3.8, 4) is 28.1 Å². The first-order chi connectivity index (χ1) is 21.5. The summed E-state index contributed by atoms with van der Waals surface area (Å²) >= 11 is 0. The van der Waals surface area contributed by atoms with Crippen molar-refractivity contribution in [3.63, 3.8) is 0 Å². The second kappa shape index (κ2) is 12.1. The van der Waals surface area contributed by atoms with Crippen LogP contribution < -0.4 is 9.62 Å². The van der Waals surface area contributed by atoms with Gasteiger partial charge in [0.05, 0.1) is 10.9 Å². The Morgan fingerprint density at radius 2 is 1.73 bits per heavy atom. The van der Waals surface area contributed by atoms with E-state index in [1.807, 2.05) is 4.90 Å². The summed E-state index contributed by atoms with van der Waals surface area (Å²) in [5, 5.41) is 13.2. The lowest BCUT2D eigenvalue weighted by Crippen LogP contribution is -2.53. The highest BCUT2D eigenvalue weighted by molar-refractivity contribution is 7.93. The molecule has 14 heteroatoms. The highest BCUT2D eigenvalue weighted by Crippen LogP contribution is 2.38. The number of aromatic nitrogens is 3. The van der Waals surface area contributed by atoms with Crippen LogP contribution >= 0.6 is 0 Å². The summed E-state index contributed by atoms with van der Waals surface area (Å²) in [5.74, 6) is -2.49. The molecule has 2 aromatic carbocycles.